The normalized spacial score (nSPS) is 12.4. The minimum atomic E-state index is -0.785. The van der Waals surface area contributed by atoms with Gasteiger partial charge in [0.1, 0.15) is 17.2 Å². The van der Waals surface area contributed by atoms with Crippen molar-refractivity contribution in [3.8, 4) is 34.3 Å². The number of phenolic OH excluding ortho intramolecular Hbond substituents is 1. The van der Waals surface area contributed by atoms with Crippen LogP contribution < -0.4 is 19.5 Å². The van der Waals surface area contributed by atoms with Crippen LogP contribution in [0, 0.1) is 12.7 Å². The summed E-state index contributed by atoms with van der Waals surface area (Å²) in [4.78, 5) is 4.70. The van der Waals surface area contributed by atoms with E-state index in [-0.39, 0.29) is 12.5 Å². The Hall–Kier alpha value is -3.94. The zero-order chi connectivity index (χ0) is 20.8. The molecule has 5 rings (SSSR count). The van der Waals surface area contributed by atoms with E-state index in [1.165, 1.54) is 13.2 Å². The Kier molecular flexibility index (Phi) is 4.13. The van der Waals surface area contributed by atoms with Crippen molar-refractivity contribution in [2.75, 3.05) is 19.2 Å². The van der Waals surface area contributed by atoms with Gasteiger partial charge in [0.2, 0.25) is 6.79 Å². The third kappa shape index (κ3) is 2.85. The fourth-order valence-corrected chi connectivity index (χ4v) is 3.55. The highest BCUT2D eigenvalue weighted by Crippen LogP contribution is 2.40. The van der Waals surface area contributed by atoms with E-state index in [1.54, 1.807) is 6.07 Å². The number of aromatic hydroxyl groups is 1. The van der Waals surface area contributed by atoms with Crippen molar-refractivity contribution in [3.63, 3.8) is 0 Å². The van der Waals surface area contributed by atoms with Crippen molar-refractivity contribution < 1.29 is 23.7 Å². The summed E-state index contributed by atoms with van der Waals surface area (Å²) in [6.07, 6.45) is 0. The molecule has 0 spiro atoms. The van der Waals surface area contributed by atoms with Gasteiger partial charge in [0.05, 0.1) is 7.11 Å². The lowest BCUT2D eigenvalue weighted by Gasteiger charge is -2.12. The highest BCUT2D eigenvalue weighted by Gasteiger charge is 2.20. The molecule has 0 atom stereocenters. The fourth-order valence-electron chi connectivity index (χ4n) is 3.55. The van der Waals surface area contributed by atoms with Gasteiger partial charge in [0.25, 0.3) is 0 Å². The summed E-state index contributed by atoms with van der Waals surface area (Å²) in [6.45, 7) is 2.15. The van der Waals surface area contributed by atoms with E-state index in [1.807, 2.05) is 47.7 Å². The number of hydrogen-bond acceptors (Lipinski definition) is 6. The van der Waals surface area contributed by atoms with E-state index in [2.05, 4.69) is 5.32 Å². The zero-order valence-electron chi connectivity index (χ0n) is 16.3. The standard InChI is InChI=1S/C22H18FN3O4/c1-12-4-3-5-19-25-20(13-8-15(23)21(27)18(9-13)28-2)22(26(12)19)24-14-6-7-16-17(10-14)30-11-29-16/h3-10,24,27H,11H2,1-2H3. The highest BCUT2D eigenvalue weighted by atomic mass is 19.1. The Morgan fingerprint density at radius 2 is 1.97 bits per heavy atom. The van der Waals surface area contributed by atoms with E-state index < -0.39 is 11.6 Å². The maximum absolute atomic E-state index is 14.3. The lowest BCUT2D eigenvalue weighted by atomic mass is 10.1. The molecule has 30 heavy (non-hydrogen) atoms. The lowest BCUT2D eigenvalue weighted by Crippen LogP contribution is -2.00. The molecule has 0 amide bonds. The van der Waals surface area contributed by atoms with Gasteiger partial charge in [0.15, 0.2) is 28.8 Å². The average molecular weight is 407 g/mol. The number of fused-ring (bicyclic) bond motifs is 2. The van der Waals surface area contributed by atoms with Gasteiger partial charge in [-0.3, -0.25) is 4.40 Å². The van der Waals surface area contributed by atoms with Crippen molar-refractivity contribution in [1.29, 1.82) is 0 Å². The highest BCUT2D eigenvalue weighted by molar-refractivity contribution is 5.81. The second kappa shape index (κ2) is 6.84. The summed E-state index contributed by atoms with van der Waals surface area (Å²) >= 11 is 0. The number of nitrogens with one attached hydrogen (secondary N) is 1. The molecule has 1 aliphatic rings. The molecule has 7 nitrogen and oxygen atoms in total. The molecular weight excluding hydrogens is 389 g/mol. The molecule has 8 heteroatoms. The number of pyridine rings is 1. The molecular formula is C22H18FN3O4. The van der Waals surface area contributed by atoms with E-state index in [0.717, 1.165) is 11.4 Å². The summed E-state index contributed by atoms with van der Waals surface area (Å²) < 4.78 is 32.2. The molecule has 0 bridgehead atoms. The molecule has 0 aliphatic carbocycles. The lowest BCUT2D eigenvalue weighted by molar-refractivity contribution is 0.174. The van der Waals surface area contributed by atoms with Gasteiger partial charge < -0.3 is 24.6 Å². The van der Waals surface area contributed by atoms with Gasteiger partial charge in [-0.1, -0.05) is 6.07 Å². The van der Waals surface area contributed by atoms with Crippen LogP contribution in [0.3, 0.4) is 0 Å². The molecule has 0 radical (unpaired) electrons. The number of ether oxygens (including phenoxy) is 3. The number of hydrogen-bond donors (Lipinski definition) is 2. The second-order valence-electron chi connectivity index (χ2n) is 6.87. The number of aryl methyl sites for hydroxylation is 1. The topological polar surface area (TPSA) is 77.3 Å². The molecule has 2 N–H and O–H groups in total. The average Bonchev–Trinajstić information content (AvgIpc) is 3.35. The first-order valence-corrected chi connectivity index (χ1v) is 9.27. The minimum Gasteiger partial charge on any atom is -0.502 e. The molecule has 0 saturated carbocycles. The quantitative estimate of drug-likeness (QED) is 0.513. The molecule has 0 unspecified atom stereocenters. The predicted octanol–water partition coefficient (Wildman–Crippen LogP) is 4.64. The van der Waals surface area contributed by atoms with Crippen molar-refractivity contribution >= 4 is 17.2 Å². The van der Waals surface area contributed by atoms with Gasteiger partial charge in [-0.25, -0.2) is 9.37 Å². The Bertz CT molecular complexity index is 1290. The number of phenols is 1. The summed E-state index contributed by atoms with van der Waals surface area (Å²) in [5, 5.41) is 13.3. The number of methoxy groups -OCH3 is 1. The van der Waals surface area contributed by atoms with Gasteiger partial charge in [-0.05, 0) is 43.3 Å². The fraction of sp³-hybridized carbons (Fsp3) is 0.136. The number of aromatic nitrogens is 2. The Balaban J connectivity index is 1.70. The molecule has 4 aromatic rings. The Morgan fingerprint density at radius 1 is 1.13 bits per heavy atom. The van der Waals surface area contributed by atoms with Crippen LogP contribution in [-0.2, 0) is 0 Å². The number of rotatable bonds is 4. The number of benzene rings is 2. The second-order valence-corrected chi connectivity index (χ2v) is 6.87. The molecule has 152 valence electrons. The number of imidazole rings is 1. The molecule has 0 fully saturated rings. The van der Waals surface area contributed by atoms with E-state index in [0.29, 0.717) is 34.2 Å². The Labute approximate surface area is 171 Å². The van der Waals surface area contributed by atoms with Crippen LogP contribution in [0.2, 0.25) is 0 Å². The van der Waals surface area contributed by atoms with Crippen LogP contribution in [0.1, 0.15) is 5.69 Å². The van der Waals surface area contributed by atoms with E-state index in [9.17, 15) is 9.50 Å². The van der Waals surface area contributed by atoms with Crippen LogP contribution in [0.15, 0.2) is 48.5 Å². The Morgan fingerprint density at radius 3 is 2.80 bits per heavy atom. The van der Waals surface area contributed by atoms with Crippen molar-refractivity contribution in [3.05, 3.63) is 60.0 Å². The van der Waals surface area contributed by atoms with Crippen LogP contribution in [0.4, 0.5) is 15.9 Å². The molecule has 2 aromatic carbocycles. The summed E-state index contributed by atoms with van der Waals surface area (Å²) in [5.41, 5.74) is 3.38. The third-order valence-electron chi connectivity index (χ3n) is 5.00. The van der Waals surface area contributed by atoms with Gasteiger partial charge in [-0.15, -0.1) is 0 Å². The van der Waals surface area contributed by atoms with Crippen LogP contribution >= 0.6 is 0 Å². The molecule has 0 saturated heterocycles. The number of halogens is 1. The summed E-state index contributed by atoms with van der Waals surface area (Å²) in [7, 11) is 1.37. The van der Waals surface area contributed by atoms with Gasteiger partial charge in [0, 0.05) is 23.0 Å². The van der Waals surface area contributed by atoms with Crippen molar-refractivity contribution in [1.82, 2.24) is 9.38 Å². The maximum atomic E-state index is 14.3. The van der Waals surface area contributed by atoms with E-state index in [4.69, 9.17) is 19.2 Å². The molecule has 1 aliphatic heterocycles. The van der Waals surface area contributed by atoms with Crippen LogP contribution in [0.25, 0.3) is 16.9 Å². The van der Waals surface area contributed by atoms with Gasteiger partial charge >= 0.3 is 0 Å². The largest absolute Gasteiger partial charge is 0.502 e. The maximum Gasteiger partial charge on any atom is 0.231 e. The first kappa shape index (κ1) is 18.1. The van der Waals surface area contributed by atoms with Crippen LogP contribution in [-0.4, -0.2) is 28.4 Å². The minimum absolute atomic E-state index is 0.0350. The SMILES string of the molecule is COc1cc(-c2nc3cccc(C)n3c2Nc2ccc3c(c2)OCO3)cc(F)c1O. The smallest absolute Gasteiger partial charge is 0.231 e. The number of nitrogens with zero attached hydrogens (tertiary/aromatic N) is 2. The first-order chi connectivity index (χ1) is 14.5. The first-order valence-electron chi connectivity index (χ1n) is 9.27. The van der Waals surface area contributed by atoms with Gasteiger partial charge in [-0.2, -0.15) is 0 Å². The monoisotopic (exact) mass is 407 g/mol. The zero-order valence-corrected chi connectivity index (χ0v) is 16.3. The summed E-state index contributed by atoms with van der Waals surface area (Å²) in [5.74, 6) is 0.686. The third-order valence-corrected chi connectivity index (χ3v) is 5.00. The van der Waals surface area contributed by atoms with Crippen molar-refractivity contribution in [2.24, 2.45) is 0 Å². The molecule has 2 aromatic heterocycles. The van der Waals surface area contributed by atoms with Crippen molar-refractivity contribution in [2.45, 2.75) is 6.92 Å². The number of anilines is 2. The molecule has 3 heterocycles. The van der Waals surface area contributed by atoms with E-state index >= 15 is 0 Å². The predicted molar refractivity (Wildman–Crippen MR) is 109 cm³/mol. The van der Waals surface area contributed by atoms with Crippen LogP contribution in [0.5, 0.6) is 23.0 Å². The summed E-state index contributed by atoms with van der Waals surface area (Å²) in [6, 6.07) is 14.1.